The zero-order valence-corrected chi connectivity index (χ0v) is 30.2. The smallest absolute Gasteiger partial charge is 0.287 e. The molecule has 1 saturated heterocycles. The number of halogens is 1. The van der Waals surface area contributed by atoms with Gasteiger partial charge < -0.3 is 25.3 Å². The standard InChI is InChI=1S/C33H41BrN6O9S/c1-21(33(44)39-16-6-3-7-17-39)36-31(42)27(18-22-9-13-25(14-10-22)40(45)46)37-30(41)26(38-50(2,47)48)8-4-5-15-35-32(43)29-19-23-11-12-24(34)20-28(23)49-29/h9-14,19-21,26-27,38H,3-8,15-18H2,1-2H3,(H,35,43)(H,36,42)(H,37,41)/t21-,26-,27-/m0/s1. The van der Waals surface area contributed by atoms with Crippen molar-refractivity contribution < 1.29 is 36.9 Å². The maximum Gasteiger partial charge on any atom is 0.287 e. The molecule has 0 unspecified atom stereocenters. The fourth-order valence-electron chi connectivity index (χ4n) is 5.62. The highest BCUT2D eigenvalue weighted by Crippen LogP contribution is 2.23. The van der Waals surface area contributed by atoms with Gasteiger partial charge >= 0.3 is 0 Å². The lowest BCUT2D eigenvalue weighted by Crippen LogP contribution is -2.57. The Morgan fingerprint density at radius 3 is 2.30 bits per heavy atom. The Hall–Kier alpha value is -4.35. The van der Waals surface area contributed by atoms with Crippen LogP contribution in [0.5, 0.6) is 0 Å². The number of sulfonamides is 1. The molecule has 2 heterocycles. The topological polar surface area (TPSA) is 210 Å². The number of hydrogen-bond donors (Lipinski definition) is 4. The van der Waals surface area contributed by atoms with Crippen LogP contribution in [0.25, 0.3) is 11.0 Å². The van der Waals surface area contributed by atoms with Crippen LogP contribution in [0.1, 0.15) is 61.6 Å². The summed E-state index contributed by atoms with van der Waals surface area (Å²) in [5.41, 5.74) is 0.888. The first-order valence-electron chi connectivity index (χ1n) is 16.3. The van der Waals surface area contributed by atoms with Crippen LogP contribution in [-0.2, 0) is 30.8 Å². The molecule has 50 heavy (non-hydrogen) atoms. The maximum atomic E-state index is 13.5. The SMILES string of the molecule is C[C@H](NC(=O)[C@H](Cc1ccc([N+](=O)[O-])cc1)NC(=O)[C@H](CCCCNC(=O)c1cc2ccc(Br)cc2o1)NS(C)(=O)=O)C(=O)N1CCCCC1. The number of amides is 4. The zero-order chi connectivity index (χ0) is 36.4. The summed E-state index contributed by atoms with van der Waals surface area (Å²) in [5.74, 6) is -1.98. The van der Waals surface area contributed by atoms with Gasteiger partial charge in [0.15, 0.2) is 5.76 Å². The highest BCUT2D eigenvalue weighted by Gasteiger charge is 2.30. The Labute approximate surface area is 298 Å². The van der Waals surface area contributed by atoms with Gasteiger partial charge in [-0.25, -0.2) is 13.1 Å². The van der Waals surface area contributed by atoms with Crippen LogP contribution >= 0.6 is 15.9 Å². The lowest BCUT2D eigenvalue weighted by Gasteiger charge is -2.30. The molecule has 0 aliphatic carbocycles. The van der Waals surface area contributed by atoms with Crippen molar-refractivity contribution in [1.29, 1.82) is 0 Å². The van der Waals surface area contributed by atoms with Gasteiger partial charge in [-0.2, -0.15) is 0 Å². The molecule has 17 heteroatoms. The van der Waals surface area contributed by atoms with E-state index < -0.39 is 50.8 Å². The molecule has 0 radical (unpaired) electrons. The summed E-state index contributed by atoms with van der Waals surface area (Å²) in [6, 6.07) is 9.09. The second-order valence-corrected chi connectivity index (χ2v) is 15.0. The van der Waals surface area contributed by atoms with Gasteiger partial charge in [0.2, 0.25) is 27.7 Å². The van der Waals surface area contributed by atoms with Crippen LogP contribution in [0, 0.1) is 10.1 Å². The highest BCUT2D eigenvalue weighted by molar-refractivity contribution is 9.10. The number of benzene rings is 2. The number of unbranched alkanes of at least 4 members (excludes halogenated alkanes) is 1. The van der Waals surface area contributed by atoms with E-state index in [0.717, 1.165) is 35.4 Å². The van der Waals surface area contributed by atoms with Crippen molar-refractivity contribution in [2.45, 2.75) is 70.0 Å². The zero-order valence-electron chi connectivity index (χ0n) is 27.8. The summed E-state index contributed by atoms with van der Waals surface area (Å²) in [6.07, 6.45) is 4.35. The molecule has 4 N–H and O–H groups in total. The summed E-state index contributed by atoms with van der Waals surface area (Å²) in [6.45, 7) is 2.95. The number of nitro benzene ring substituents is 1. The Balaban J connectivity index is 1.39. The Bertz CT molecular complexity index is 1810. The minimum atomic E-state index is -3.86. The molecular weight excluding hydrogens is 736 g/mol. The van der Waals surface area contributed by atoms with Gasteiger partial charge in [0.25, 0.3) is 11.6 Å². The number of nitrogens with zero attached hydrogens (tertiary/aromatic N) is 2. The van der Waals surface area contributed by atoms with Gasteiger partial charge in [-0.3, -0.25) is 29.3 Å². The Kier molecular flexibility index (Phi) is 13.5. The molecule has 2 aromatic carbocycles. The van der Waals surface area contributed by atoms with Gasteiger partial charge in [-0.1, -0.05) is 28.1 Å². The lowest BCUT2D eigenvalue weighted by atomic mass is 10.0. The minimum absolute atomic E-state index is 0.0448. The van der Waals surface area contributed by atoms with Crippen molar-refractivity contribution in [3.8, 4) is 0 Å². The second kappa shape index (κ2) is 17.5. The number of nitrogens with one attached hydrogen (secondary N) is 4. The van der Waals surface area contributed by atoms with Gasteiger partial charge in [0, 0.05) is 48.0 Å². The lowest BCUT2D eigenvalue weighted by molar-refractivity contribution is -0.384. The summed E-state index contributed by atoms with van der Waals surface area (Å²) < 4.78 is 33.2. The molecule has 1 aliphatic heterocycles. The first-order valence-corrected chi connectivity index (χ1v) is 19.0. The van der Waals surface area contributed by atoms with Gasteiger partial charge in [-0.15, -0.1) is 0 Å². The molecule has 1 aromatic heterocycles. The second-order valence-electron chi connectivity index (χ2n) is 12.3. The van der Waals surface area contributed by atoms with Crippen molar-refractivity contribution in [1.82, 2.24) is 25.6 Å². The fourth-order valence-corrected chi connectivity index (χ4v) is 6.70. The number of hydrogen-bond acceptors (Lipinski definition) is 9. The summed E-state index contributed by atoms with van der Waals surface area (Å²) in [7, 11) is -3.86. The van der Waals surface area contributed by atoms with Crippen molar-refractivity contribution >= 4 is 66.2 Å². The summed E-state index contributed by atoms with van der Waals surface area (Å²) in [4.78, 5) is 64.9. The third-order valence-electron chi connectivity index (χ3n) is 8.20. The van der Waals surface area contributed by atoms with E-state index in [2.05, 4.69) is 36.6 Å². The molecule has 1 fully saturated rings. The van der Waals surface area contributed by atoms with Crippen molar-refractivity contribution in [3.63, 3.8) is 0 Å². The van der Waals surface area contributed by atoms with Crippen LogP contribution in [0.15, 0.2) is 57.4 Å². The largest absolute Gasteiger partial charge is 0.451 e. The first kappa shape index (κ1) is 38.5. The van der Waals surface area contributed by atoms with E-state index >= 15 is 0 Å². The van der Waals surface area contributed by atoms with E-state index in [1.807, 2.05) is 12.1 Å². The van der Waals surface area contributed by atoms with E-state index in [1.165, 1.54) is 24.3 Å². The Morgan fingerprint density at radius 1 is 0.960 bits per heavy atom. The van der Waals surface area contributed by atoms with Crippen LogP contribution in [0.3, 0.4) is 0 Å². The number of furan rings is 1. The molecule has 4 rings (SSSR count). The number of rotatable bonds is 16. The fraction of sp³-hybridized carbons (Fsp3) is 0.455. The number of fused-ring (bicyclic) bond motifs is 1. The van der Waals surface area contributed by atoms with Crippen LogP contribution < -0.4 is 20.7 Å². The molecule has 0 bridgehead atoms. The first-order chi connectivity index (χ1) is 23.7. The molecule has 0 saturated carbocycles. The molecule has 15 nitrogen and oxygen atoms in total. The average molecular weight is 778 g/mol. The molecule has 4 amide bonds. The molecule has 270 valence electrons. The van der Waals surface area contributed by atoms with Crippen molar-refractivity contribution in [3.05, 3.63) is 74.4 Å². The quantitative estimate of drug-likeness (QED) is 0.0955. The van der Waals surface area contributed by atoms with Crippen LogP contribution in [0.4, 0.5) is 5.69 Å². The summed E-state index contributed by atoms with van der Waals surface area (Å²) in [5, 5.41) is 19.9. The summed E-state index contributed by atoms with van der Waals surface area (Å²) >= 11 is 3.36. The predicted molar refractivity (Wildman–Crippen MR) is 189 cm³/mol. The maximum absolute atomic E-state index is 13.5. The monoisotopic (exact) mass is 776 g/mol. The number of nitro groups is 1. The normalized spacial score (nSPS) is 15.1. The predicted octanol–water partition coefficient (Wildman–Crippen LogP) is 3.17. The molecule has 3 aromatic rings. The molecule has 1 aliphatic rings. The van der Waals surface area contributed by atoms with E-state index in [9.17, 15) is 37.7 Å². The average Bonchev–Trinajstić information content (AvgIpc) is 3.50. The number of non-ortho nitro benzene ring substituents is 1. The van der Waals surface area contributed by atoms with Gasteiger partial charge in [0.1, 0.15) is 23.7 Å². The van der Waals surface area contributed by atoms with Crippen molar-refractivity contribution in [2.75, 3.05) is 25.9 Å². The van der Waals surface area contributed by atoms with E-state index in [-0.39, 0.29) is 36.7 Å². The van der Waals surface area contributed by atoms with Crippen molar-refractivity contribution in [2.24, 2.45) is 0 Å². The minimum Gasteiger partial charge on any atom is -0.451 e. The molecular formula is C33H41BrN6O9S. The van der Waals surface area contributed by atoms with E-state index in [1.54, 1.807) is 24.0 Å². The van der Waals surface area contributed by atoms with E-state index in [4.69, 9.17) is 4.42 Å². The van der Waals surface area contributed by atoms with E-state index in [0.29, 0.717) is 37.1 Å². The molecule has 0 spiro atoms. The highest BCUT2D eigenvalue weighted by atomic mass is 79.9. The van der Waals surface area contributed by atoms with Crippen LogP contribution in [0.2, 0.25) is 0 Å². The number of likely N-dealkylation sites (tertiary alicyclic amines) is 1. The van der Waals surface area contributed by atoms with Gasteiger partial charge in [0.05, 0.1) is 11.2 Å². The third-order valence-corrected chi connectivity index (χ3v) is 9.41. The number of carbonyl (C=O) groups excluding carboxylic acids is 4. The molecule has 3 atom stereocenters. The number of carbonyl (C=O) groups is 4. The Morgan fingerprint density at radius 2 is 1.64 bits per heavy atom. The van der Waals surface area contributed by atoms with Crippen LogP contribution in [-0.4, -0.2) is 85.9 Å². The van der Waals surface area contributed by atoms with Gasteiger partial charge in [-0.05, 0) is 75.3 Å². The number of piperidine rings is 1. The third kappa shape index (κ3) is 11.3.